The molecular weight excluding hydrogens is 246 g/mol. The Bertz CT molecular complexity index is 530. The van der Waals surface area contributed by atoms with E-state index < -0.39 is 11.4 Å². The molecule has 1 aliphatic heterocycles. The summed E-state index contributed by atoms with van der Waals surface area (Å²) in [6.45, 7) is 4.90. The van der Waals surface area contributed by atoms with Crippen LogP contribution in [0.1, 0.15) is 32.0 Å². The van der Waals surface area contributed by atoms with Gasteiger partial charge in [0.15, 0.2) is 0 Å². The first-order chi connectivity index (χ1) is 8.97. The molecule has 2 rings (SSSR count). The molecule has 104 valence electrons. The fourth-order valence-electron chi connectivity index (χ4n) is 2.61. The fraction of sp³-hybridized carbons (Fsp3) is 0.615. The van der Waals surface area contributed by atoms with Gasteiger partial charge in [-0.2, -0.15) is 0 Å². The van der Waals surface area contributed by atoms with Crippen molar-refractivity contribution in [2.75, 3.05) is 18.0 Å². The van der Waals surface area contributed by atoms with Crippen molar-refractivity contribution in [1.29, 1.82) is 0 Å². The molecule has 0 unspecified atom stereocenters. The highest BCUT2D eigenvalue weighted by Gasteiger charge is 2.40. The molecule has 2 heterocycles. The van der Waals surface area contributed by atoms with Crippen LogP contribution in [0.4, 0.5) is 5.82 Å². The summed E-state index contributed by atoms with van der Waals surface area (Å²) in [5.41, 5.74) is -0.791. The second-order valence-electron chi connectivity index (χ2n) is 5.12. The minimum Gasteiger partial charge on any atom is -0.481 e. The lowest BCUT2D eigenvalue weighted by Crippen LogP contribution is -2.44. The van der Waals surface area contributed by atoms with Crippen molar-refractivity contribution < 1.29 is 9.90 Å². The highest BCUT2D eigenvalue weighted by atomic mass is 16.4. The molecule has 1 aromatic rings. The lowest BCUT2D eigenvalue weighted by molar-refractivity contribution is -0.150. The van der Waals surface area contributed by atoms with Gasteiger partial charge in [0.2, 0.25) is 0 Å². The van der Waals surface area contributed by atoms with E-state index in [9.17, 15) is 14.7 Å². The van der Waals surface area contributed by atoms with Crippen molar-refractivity contribution in [3.8, 4) is 0 Å². The van der Waals surface area contributed by atoms with Crippen LogP contribution < -0.4 is 10.5 Å². The standard InChI is InChI=1S/C13H19N3O3/c1-3-13(12(18)19)4-6-16(7-5-13)10-8-11(17)15-9(2)14-10/h8H,3-7H2,1-2H3,(H,18,19)(H,14,15,17). The van der Waals surface area contributed by atoms with Gasteiger partial charge >= 0.3 is 5.97 Å². The van der Waals surface area contributed by atoms with E-state index in [0.29, 0.717) is 44.0 Å². The summed E-state index contributed by atoms with van der Waals surface area (Å²) < 4.78 is 0. The van der Waals surface area contributed by atoms with Crippen molar-refractivity contribution >= 4 is 11.8 Å². The molecule has 2 N–H and O–H groups in total. The van der Waals surface area contributed by atoms with Gasteiger partial charge in [-0.25, -0.2) is 4.98 Å². The maximum Gasteiger partial charge on any atom is 0.309 e. The summed E-state index contributed by atoms with van der Waals surface area (Å²) in [7, 11) is 0. The number of hydrogen-bond acceptors (Lipinski definition) is 4. The second kappa shape index (κ2) is 5.03. The van der Waals surface area contributed by atoms with Crippen molar-refractivity contribution in [1.82, 2.24) is 9.97 Å². The van der Waals surface area contributed by atoms with Crippen LogP contribution in [-0.2, 0) is 4.79 Å². The Morgan fingerprint density at radius 3 is 2.63 bits per heavy atom. The summed E-state index contributed by atoms with van der Waals surface area (Å²) in [5, 5.41) is 9.34. The Balaban J connectivity index is 2.15. The number of aromatic amines is 1. The molecule has 1 aromatic heterocycles. The molecule has 0 amide bonds. The Morgan fingerprint density at radius 2 is 2.16 bits per heavy atom. The number of piperidine rings is 1. The predicted octanol–water partition coefficient (Wildman–Crippen LogP) is 1.16. The van der Waals surface area contributed by atoms with Crippen LogP contribution in [0.2, 0.25) is 0 Å². The van der Waals surface area contributed by atoms with Crippen LogP contribution in [0.5, 0.6) is 0 Å². The van der Waals surface area contributed by atoms with Crippen LogP contribution in [0.3, 0.4) is 0 Å². The monoisotopic (exact) mass is 265 g/mol. The summed E-state index contributed by atoms with van der Waals surface area (Å²) in [4.78, 5) is 31.7. The number of carbonyl (C=O) groups is 1. The largest absolute Gasteiger partial charge is 0.481 e. The highest BCUT2D eigenvalue weighted by molar-refractivity contribution is 5.75. The first-order valence-electron chi connectivity index (χ1n) is 6.53. The number of hydrogen-bond donors (Lipinski definition) is 2. The second-order valence-corrected chi connectivity index (χ2v) is 5.12. The topological polar surface area (TPSA) is 86.3 Å². The lowest BCUT2D eigenvalue weighted by atomic mass is 9.76. The van der Waals surface area contributed by atoms with E-state index in [1.165, 1.54) is 6.07 Å². The Morgan fingerprint density at radius 1 is 1.53 bits per heavy atom. The molecule has 1 fully saturated rings. The number of aryl methyl sites for hydroxylation is 1. The maximum atomic E-state index is 11.4. The normalized spacial score (nSPS) is 18.3. The fourth-order valence-corrected chi connectivity index (χ4v) is 2.61. The van der Waals surface area contributed by atoms with Gasteiger partial charge in [0, 0.05) is 19.2 Å². The van der Waals surface area contributed by atoms with E-state index in [2.05, 4.69) is 9.97 Å². The third-order valence-corrected chi connectivity index (χ3v) is 4.02. The lowest BCUT2D eigenvalue weighted by Gasteiger charge is -2.38. The van der Waals surface area contributed by atoms with Gasteiger partial charge in [-0.3, -0.25) is 9.59 Å². The van der Waals surface area contributed by atoms with E-state index in [1.54, 1.807) is 6.92 Å². The minimum atomic E-state index is -0.718. The average molecular weight is 265 g/mol. The van der Waals surface area contributed by atoms with E-state index in [-0.39, 0.29) is 5.56 Å². The predicted molar refractivity (Wildman–Crippen MR) is 71.4 cm³/mol. The van der Waals surface area contributed by atoms with Gasteiger partial charge < -0.3 is 15.0 Å². The number of H-pyrrole nitrogens is 1. The van der Waals surface area contributed by atoms with E-state index in [0.717, 1.165) is 0 Å². The summed E-state index contributed by atoms with van der Waals surface area (Å²) >= 11 is 0. The number of carboxylic acids is 1. The van der Waals surface area contributed by atoms with E-state index >= 15 is 0 Å². The van der Waals surface area contributed by atoms with Gasteiger partial charge in [0.1, 0.15) is 11.6 Å². The molecule has 0 spiro atoms. The number of nitrogens with zero attached hydrogens (tertiary/aromatic N) is 2. The van der Waals surface area contributed by atoms with Crippen LogP contribution in [0, 0.1) is 12.3 Å². The van der Waals surface area contributed by atoms with Crippen molar-refractivity contribution in [2.45, 2.75) is 33.1 Å². The van der Waals surface area contributed by atoms with Gasteiger partial charge in [-0.1, -0.05) is 6.92 Å². The zero-order chi connectivity index (χ0) is 14.0. The van der Waals surface area contributed by atoms with E-state index in [1.807, 2.05) is 11.8 Å². The third kappa shape index (κ3) is 2.62. The van der Waals surface area contributed by atoms with Crippen LogP contribution in [-0.4, -0.2) is 34.1 Å². The Labute approximate surface area is 111 Å². The number of rotatable bonds is 3. The number of aliphatic carboxylic acids is 1. The average Bonchev–Trinajstić information content (AvgIpc) is 2.37. The summed E-state index contributed by atoms with van der Waals surface area (Å²) in [6.07, 6.45) is 1.82. The highest BCUT2D eigenvalue weighted by Crippen LogP contribution is 2.36. The molecule has 6 nitrogen and oxygen atoms in total. The number of anilines is 1. The SMILES string of the molecule is CCC1(C(=O)O)CCN(c2cc(=O)[nH]c(C)n2)CC1. The van der Waals surface area contributed by atoms with Crippen molar-refractivity contribution in [3.05, 3.63) is 22.2 Å². The molecule has 0 atom stereocenters. The molecule has 0 aliphatic carbocycles. The Hall–Kier alpha value is -1.85. The third-order valence-electron chi connectivity index (χ3n) is 4.02. The van der Waals surface area contributed by atoms with Gasteiger partial charge in [0.05, 0.1) is 5.41 Å². The zero-order valence-corrected chi connectivity index (χ0v) is 11.3. The van der Waals surface area contributed by atoms with Gasteiger partial charge in [-0.15, -0.1) is 0 Å². The first kappa shape index (κ1) is 13.6. The molecular formula is C13H19N3O3. The van der Waals surface area contributed by atoms with E-state index in [4.69, 9.17) is 0 Å². The van der Waals surface area contributed by atoms with Crippen LogP contribution >= 0.6 is 0 Å². The molecule has 0 bridgehead atoms. The minimum absolute atomic E-state index is 0.173. The van der Waals surface area contributed by atoms with Crippen LogP contribution in [0.25, 0.3) is 0 Å². The molecule has 0 saturated carbocycles. The smallest absolute Gasteiger partial charge is 0.309 e. The van der Waals surface area contributed by atoms with Gasteiger partial charge in [-0.05, 0) is 26.2 Å². The zero-order valence-electron chi connectivity index (χ0n) is 11.3. The number of aromatic nitrogens is 2. The Kier molecular flexibility index (Phi) is 3.59. The molecule has 1 aliphatic rings. The molecule has 1 saturated heterocycles. The van der Waals surface area contributed by atoms with Crippen LogP contribution in [0.15, 0.2) is 10.9 Å². The summed E-state index contributed by atoms with van der Waals surface area (Å²) in [5.74, 6) is 0.495. The molecule has 19 heavy (non-hydrogen) atoms. The molecule has 6 heteroatoms. The van der Waals surface area contributed by atoms with Gasteiger partial charge in [0.25, 0.3) is 5.56 Å². The quantitative estimate of drug-likeness (QED) is 0.856. The molecule has 0 aromatic carbocycles. The van der Waals surface area contributed by atoms with Crippen molar-refractivity contribution in [3.63, 3.8) is 0 Å². The van der Waals surface area contributed by atoms with Crippen molar-refractivity contribution in [2.24, 2.45) is 5.41 Å². The maximum absolute atomic E-state index is 11.4. The summed E-state index contributed by atoms with van der Waals surface area (Å²) in [6, 6.07) is 1.46. The first-order valence-corrected chi connectivity index (χ1v) is 6.53. The number of nitrogens with one attached hydrogen (secondary N) is 1. The number of carboxylic acid groups (broad SMARTS) is 1. The molecule has 0 radical (unpaired) electrons.